The van der Waals surface area contributed by atoms with Crippen molar-refractivity contribution in [2.45, 2.75) is 63.8 Å². The van der Waals surface area contributed by atoms with Crippen molar-refractivity contribution >= 4 is 34.5 Å². The van der Waals surface area contributed by atoms with E-state index in [1.165, 1.54) is 32.1 Å². The van der Waals surface area contributed by atoms with Gasteiger partial charge < -0.3 is 14.5 Å². The number of likely N-dealkylation sites (tertiary alicyclic amines) is 1. The number of hydrogen-bond acceptors (Lipinski definition) is 6. The van der Waals surface area contributed by atoms with Crippen LogP contribution in [-0.2, 0) is 21.4 Å². The first kappa shape index (κ1) is 24.6. The molecule has 1 aromatic heterocycles. The highest BCUT2D eigenvalue weighted by atomic mass is 16.5. The van der Waals surface area contributed by atoms with E-state index in [0.29, 0.717) is 30.7 Å². The molecule has 4 heterocycles. The Bertz CT molecular complexity index is 1150. The SMILES string of the molecule is COC(=O)N1CCC(C[C@@H]2CCN(c3ccc4c(C5CCC(=O)NC5=O)nn(C)c4c3)C(C)C2)CC1. The molecule has 1 N–H and O–H groups in total. The van der Waals surface area contributed by atoms with Crippen molar-refractivity contribution in [3.8, 4) is 0 Å². The smallest absolute Gasteiger partial charge is 0.409 e. The molecule has 36 heavy (non-hydrogen) atoms. The summed E-state index contributed by atoms with van der Waals surface area (Å²) in [4.78, 5) is 40.1. The molecular formula is C27H37N5O4. The van der Waals surface area contributed by atoms with Crippen LogP contribution < -0.4 is 10.2 Å². The lowest BCUT2D eigenvalue weighted by molar-refractivity contribution is -0.134. The number of piperidine rings is 3. The predicted octanol–water partition coefficient (Wildman–Crippen LogP) is 3.57. The molecule has 3 fully saturated rings. The van der Waals surface area contributed by atoms with Gasteiger partial charge >= 0.3 is 6.09 Å². The quantitative estimate of drug-likeness (QED) is 0.652. The van der Waals surface area contributed by atoms with Crippen LogP contribution in [-0.4, -0.2) is 65.4 Å². The number of methoxy groups -OCH3 is 1. The van der Waals surface area contributed by atoms with Crippen LogP contribution in [0.2, 0.25) is 0 Å². The summed E-state index contributed by atoms with van der Waals surface area (Å²) in [5.41, 5.74) is 2.96. The molecule has 0 spiro atoms. The summed E-state index contributed by atoms with van der Waals surface area (Å²) in [5, 5.41) is 8.12. The Kier molecular flexibility index (Phi) is 6.90. The van der Waals surface area contributed by atoms with Gasteiger partial charge in [0.1, 0.15) is 0 Å². The van der Waals surface area contributed by atoms with Crippen LogP contribution in [0.5, 0.6) is 0 Å². The molecule has 3 aliphatic rings. The maximum Gasteiger partial charge on any atom is 0.409 e. The number of imide groups is 1. The van der Waals surface area contributed by atoms with Gasteiger partial charge in [-0.15, -0.1) is 0 Å². The number of hydrogen-bond donors (Lipinski definition) is 1. The van der Waals surface area contributed by atoms with E-state index < -0.39 is 0 Å². The number of carbonyl (C=O) groups excluding carboxylic acids is 3. The number of aryl methyl sites for hydroxylation is 1. The van der Waals surface area contributed by atoms with E-state index in [-0.39, 0.29) is 23.8 Å². The first-order valence-corrected chi connectivity index (χ1v) is 13.2. The first-order valence-electron chi connectivity index (χ1n) is 13.2. The fourth-order valence-electron chi connectivity index (χ4n) is 6.48. The first-order chi connectivity index (χ1) is 17.3. The second kappa shape index (κ2) is 10.1. The van der Waals surface area contributed by atoms with Crippen LogP contribution in [0.25, 0.3) is 10.9 Å². The molecule has 0 saturated carbocycles. The van der Waals surface area contributed by atoms with Gasteiger partial charge in [0.25, 0.3) is 0 Å². The van der Waals surface area contributed by atoms with Gasteiger partial charge in [-0.05, 0) is 75.5 Å². The number of aromatic nitrogens is 2. The normalized spacial score (nSPS) is 25.8. The highest BCUT2D eigenvalue weighted by Crippen LogP contribution is 2.37. The Labute approximate surface area is 212 Å². The van der Waals surface area contributed by atoms with Crippen LogP contribution in [0.3, 0.4) is 0 Å². The van der Waals surface area contributed by atoms with E-state index >= 15 is 0 Å². The Morgan fingerprint density at radius 2 is 1.86 bits per heavy atom. The number of anilines is 1. The van der Waals surface area contributed by atoms with Crippen molar-refractivity contribution in [2.24, 2.45) is 18.9 Å². The monoisotopic (exact) mass is 495 g/mol. The second-order valence-electron chi connectivity index (χ2n) is 10.8. The summed E-state index contributed by atoms with van der Waals surface area (Å²) in [7, 11) is 3.37. The zero-order chi connectivity index (χ0) is 25.4. The predicted molar refractivity (Wildman–Crippen MR) is 137 cm³/mol. The summed E-state index contributed by atoms with van der Waals surface area (Å²) < 4.78 is 6.72. The van der Waals surface area contributed by atoms with Crippen LogP contribution in [0.15, 0.2) is 18.2 Å². The van der Waals surface area contributed by atoms with Crippen LogP contribution in [0, 0.1) is 11.8 Å². The Hall–Kier alpha value is -3.10. The van der Waals surface area contributed by atoms with Gasteiger partial charge in [-0.25, -0.2) is 4.79 Å². The summed E-state index contributed by atoms with van der Waals surface area (Å²) in [6.45, 7) is 4.94. The van der Waals surface area contributed by atoms with Gasteiger partial charge in [0.2, 0.25) is 11.8 Å². The molecule has 5 rings (SSSR count). The minimum Gasteiger partial charge on any atom is -0.453 e. The zero-order valence-corrected chi connectivity index (χ0v) is 21.5. The molecular weight excluding hydrogens is 458 g/mol. The Morgan fingerprint density at radius 1 is 1.11 bits per heavy atom. The number of benzene rings is 1. The molecule has 9 heteroatoms. The number of ether oxygens (including phenoxy) is 1. The lowest BCUT2D eigenvalue weighted by Crippen LogP contribution is -2.42. The number of nitrogens with one attached hydrogen (secondary N) is 1. The van der Waals surface area contributed by atoms with Crippen molar-refractivity contribution in [3.05, 3.63) is 23.9 Å². The maximum absolute atomic E-state index is 12.4. The molecule has 0 aliphatic carbocycles. The molecule has 3 atom stereocenters. The third kappa shape index (κ3) is 4.80. The van der Waals surface area contributed by atoms with Gasteiger partial charge in [0, 0.05) is 50.2 Å². The number of nitrogens with zero attached hydrogens (tertiary/aromatic N) is 4. The van der Waals surface area contributed by atoms with Gasteiger partial charge in [0.15, 0.2) is 0 Å². The largest absolute Gasteiger partial charge is 0.453 e. The maximum atomic E-state index is 12.4. The summed E-state index contributed by atoms with van der Waals surface area (Å²) in [6, 6.07) is 6.87. The highest BCUT2D eigenvalue weighted by Gasteiger charge is 2.33. The topological polar surface area (TPSA) is 96.8 Å². The fourth-order valence-corrected chi connectivity index (χ4v) is 6.48. The van der Waals surface area contributed by atoms with E-state index in [4.69, 9.17) is 4.74 Å². The molecule has 3 aliphatic heterocycles. The number of fused-ring (bicyclic) bond motifs is 1. The van der Waals surface area contributed by atoms with E-state index in [1.807, 2.05) is 16.6 Å². The summed E-state index contributed by atoms with van der Waals surface area (Å²) in [6.07, 6.45) is 6.36. The van der Waals surface area contributed by atoms with Gasteiger partial charge in [0.05, 0.1) is 24.2 Å². The zero-order valence-electron chi connectivity index (χ0n) is 21.5. The van der Waals surface area contributed by atoms with Crippen LogP contribution in [0.1, 0.15) is 63.5 Å². The second-order valence-corrected chi connectivity index (χ2v) is 10.8. The number of carbonyl (C=O) groups is 3. The highest BCUT2D eigenvalue weighted by molar-refractivity contribution is 6.02. The van der Waals surface area contributed by atoms with Crippen molar-refractivity contribution < 1.29 is 19.1 Å². The molecule has 1 aromatic carbocycles. The van der Waals surface area contributed by atoms with Crippen molar-refractivity contribution in [1.29, 1.82) is 0 Å². The average Bonchev–Trinajstić information content (AvgIpc) is 3.19. The molecule has 2 unspecified atom stereocenters. The van der Waals surface area contributed by atoms with Gasteiger partial charge in [-0.3, -0.25) is 19.6 Å². The molecule has 3 saturated heterocycles. The third-order valence-corrected chi connectivity index (χ3v) is 8.46. The minimum absolute atomic E-state index is 0.204. The average molecular weight is 496 g/mol. The minimum atomic E-state index is -0.383. The summed E-state index contributed by atoms with van der Waals surface area (Å²) in [5.74, 6) is 0.563. The van der Waals surface area contributed by atoms with Crippen molar-refractivity contribution in [3.63, 3.8) is 0 Å². The lowest BCUT2D eigenvalue weighted by Gasteiger charge is -2.41. The summed E-state index contributed by atoms with van der Waals surface area (Å²) >= 11 is 0. The van der Waals surface area contributed by atoms with Crippen molar-refractivity contribution in [2.75, 3.05) is 31.6 Å². The van der Waals surface area contributed by atoms with E-state index in [1.54, 1.807) is 0 Å². The molecule has 9 nitrogen and oxygen atoms in total. The van der Waals surface area contributed by atoms with E-state index in [0.717, 1.165) is 49.1 Å². The van der Waals surface area contributed by atoms with Crippen LogP contribution >= 0.6 is 0 Å². The Morgan fingerprint density at radius 3 is 2.56 bits per heavy atom. The molecule has 0 bridgehead atoms. The van der Waals surface area contributed by atoms with E-state index in [2.05, 4.69) is 40.4 Å². The number of amides is 3. The third-order valence-electron chi connectivity index (χ3n) is 8.46. The van der Waals surface area contributed by atoms with E-state index in [9.17, 15) is 14.4 Å². The number of rotatable bonds is 4. The molecule has 2 aromatic rings. The molecule has 194 valence electrons. The lowest BCUT2D eigenvalue weighted by atomic mass is 9.81. The van der Waals surface area contributed by atoms with Crippen LogP contribution in [0.4, 0.5) is 10.5 Å². The van der Waals surface area contributed by atoms with Gasteiger partial charge in [-0.1, -0.05) is 0 Å². The standard InChI is InChI=1S/C27H37N5O4/c1-17-14-19(15-18-8-11-31(12-9-18)27(35)36-3)10-13-32(17)20-4-5-21-23(16-20)30(2)29-25(21)22-6-7-24(33)28-26(22)34/h4-5,16-19,22H,6-15H2,1-3H3,(H,28,33,34)/t17?,19-,22?/m1/s1. The fraction of sp³-hybridized carbons (Fsp3) is 0.630. The molecule has 3 amide bonds. The molecule has 0 radical (unpaired) electrons. The Balaban J connectivity index is 1.23. The van der Waals surface area contributed by atoms with Gasteiger partial charge in [-0.2, -0.15) is 5.10 Å². The van der Waals surface area contributed by atoms with Crippen molar-refractivity contribution in [1.82, 2.24) is 20.0 Å².